The van der Waals surface area contributed by atoms with E-state index >= 15 is 0 Å². The molecule has 0 radical (unpaired) electrons. The molecule has 3 aliphatic rings. The number of nitrogens with zero attached hydrogens (tertiary/aromatic N) is 5. The number of anilines is 3. The van der Waals surface area contributed by atoms with E-state index in [1.807, 2.05) is 79.7 Å². The first-order valence-electron chi connectivity index (χ1n) is 45.6. The zero-order valence-corrected chi connectivity index (χ0v) is 76.8. The van der Waals surface area contributed by atoms with Gasteiger partial charge >= 0.3 is 5.97 Å². The largest absolute Gasteiger partial charge is 0.478 e. The van der Waals surface area contributed by atoms with Gasteiger partial charge < -0.3 is 39.1 Å². The Morgan fingerprint density at radius 2 is 0.709 bits per heavy atom. The number of carboxylic acids is 1. The van der Waals surface area contributed by atoms with Crippen LogP contribution < -0.4 is 14.7 Å². The number of ketones is 4. The van der Waals surface area contributed by atoms with Crippen LogP contribution in [0.25, 0.3) is 0 Å². The van der Waals surface area contributed by atoms with E-state index in [1.165, 1.54) is 205 Å². The van der Waals surface area contributed by atoms with Crippen LogP contribution in [0, 0.1) is 0 Å². The lowest BCUT2D eigenvalue weighted by Crippen LogP contribution is -2.54. The number of Topliss-reactive ketones (excluding diaryl/α,β-unsaturated/α-hetero) is 4. The molecule has 3 aliphatic heterocycles. The number of halogens is 2. The number of hydrogen-bond donors (Lipinski definition) is 2. The summed E-state index contributed by atoms with van der Waals surface area (Å²) in [4.78, 5) is 73.1. The van der Waals surface area contributed by atoms with Crippen LogP contribution in [0.2, 0.25) is 0 Å². The van der Waals surface area contributed by atoms with Gasteiger partial charge in [0.25, 0.3) is 0 Å². The normalized spacial score (nSPS) is 14.4. The van der Waals surface area contributed by atoms with E-state index in [-0.39, 0.29) is 47.0 Å². The van der Waals surface area contributed by atoms with Crippen LogP contribution in [0.4, 0.5) is 17.1 Å². The predicted octanol–water partition coefficient (Wildman–Crippen LogP) is 25.0. The first-order chi connectivity index (χ1) is 56.5. The number of hydrogen-bond acceptors (Lipinski definition) is 14. The number of aromatic carboxylic acids is 1. The third-order valence-corrected chi connectivity index (χ3v) is 24.8. The minimum Gasteiger partial charge on any atom is -0.478 e. The number of rotatable bonds is 53. The maximum absolute atomic E-state index is 14.3. The zero-order valence-electron chi connectivity index (χ0n) is 73.6. The molecule has 0 aromatic heterocycles. The Kier molecular flexibility index (Phi) is 59.6. The molecule has 0 saturated carbocycles. The quantitative estimate of drug-likeness (QED) is 0.0214. The van der Waals surface area contributed by atoms with Crippen LogP contribution in [0.15, 0.2) is 121 Å². The van der Waals surface area contributed by atoms with Crippen LogP contribution in [-0.2, 0) is 26.0 Å². The standard InChI is InChI=1S/C35H52N2O4.C27H46N2O2.C14H18BrNO2.C14H30.C9H9BrO2.CH4/c1-4-6-7-8-9-10-11-12-13-14-23-36(3)35(5-2,28-29-15-17-31(18-16-29)34(39)40)33(38)30-19-21-32(22-20-30)37-24-26-41-27-25-37;1-4-6-7-8-9-10-11-12-13-14-19-28(3)26(5-2)27(30)24-15-17-25(18-16-24)29-20-22-31-23-21-29;1-2-13(15)14(17)11-3-5-12(6-4-11)16-7-9-18-10-8-16;1-3-5-7-9-11-13-14-12-10-8-6-4-2;10-5-7-1-3-8(4-2-7)9(12)6-11;/h15-22H,4-14,23-28H2,1-3H3,(H,39,40);15-18,26H,4-14,19-23H2,1-3H3;3-6,13H,2,7-10H2,1H3;3-14H2,1-2H3;1-4,11H,5-6H2;1H4. The SMILES string of the molecule is C.CCC(Br)C(=O)c1ccc(N2CCOCC2)cc1.CCCCCCCCCCCCCC.CCCCCCCCCCCCN(C)C(CC)(Cc1ccc(C(=O)O)cc1)C(=O)c1ccc(N2CCOCC2)cc1.CCCCCCCCCCCCN(C)C(CC)C(=O)c1ccc(N2CCOCC2)cc1.O=C(CO)c1ccc(CBr)cc1. The van der Waals surface area contributed by atoms with E-state index in [0.29, 0.717) is 18.4 Å². The molecule has 3 unspecified atom stereocenters. The number of aliphatic hydroxyl groups excluding tert-OH is 1. The number of ether oxygens (including phenoxy) is 3. The fraction of sp³-hybridized carbons (Fsp3) is 0.650. The molecule has 8 rings (SSSR count). The van der Waals surface area contributed by atoms with Crippen LogP contribution in [0.3, 0.4) is 0 Å². The molecule has 0 bridgehead atoms. The Morgan fingerprint density at radius 1 is 0.402 bits per heavy atom. The Hall–Kier alpha value is -5.63. The summed E-state index contributed by atoms with van der Waals surface area (Å²) >= 11 is 6.70. The second-order valence-corrected chi connectivity index (χ2v) is 33.7. The lowest BCUT2D eigenvalue weighted by molar-refractivity contribution is 0.0594. The Morgan fingerprint density at radius 3 is 1.03 bits per heavy atom. The van der Waals surface area contributed by atoms with Gasteiger partial charge in [-0.2, -0.15) is 0 Å². The number of unbranched alkanes of at least 4 members (excludes halogenated alkanes) is 29. The summed E-state index contributed by atoms with van der Waals surface area (Å²) < 4.78 is 16.2. The highest BCUT2D eigenvalue weighted by atomic mass is 79.9. The summed E-state index contributed by atoms with van der Waals surface area (Å²) in [5.74, 6) is -0.633. The van der Waals surface area contributed by atoms with Crippen molar-refractivity contribution in [1.82, 2.24) is 9.80 Å². The van der Waals surface area contributed by atoms with Crippen molar-refractivity contribution in [2.24, 2.45) is 0 Å². The summed E-state index contributed by atoms with van der Waals surface area (Å²) in [7, 11) is 4.20. The zero-order chi connectivity index (χ0) is 84.2. The van der Waals surface area contributed by atoms with Gasteiger partial charge in [-0.1, -0.05) is 317 Å². The molecule has 5 aromatic carbocycles. The van der Waals surface area contributed by atoms with Crippen LogP contribution in [-0.4, -0.2) is 178 Å². The fourth-order valence-electron chi connectivity index (χ4n) is 15.4. The molecule has 17 heteroatoms. The second-order valence-electron chi connectivity index (χ2n) is 32.1. The van der Waals surface area contributed by atoms with E-state index in [1.54, 1.807) is 24.3 Å². The first kappa shape index (κ1) is 106. The number of morpholine rings is 3. The molecule has 0 aliphatic carbocycles. The molecule has 117 heavy (non-hydrogen) atoms. The molecule has 3 fully saturated rings. The van der Waals surface area contributed by atoms with Crippen molar-refractivity contribution in [2.45, 2.75) is 309 Å². The third kappa shape index (κ3) is 42.1. The van der Waals surface area contributed by atoms with Gasteiger partial charge in [0.05, 0.1) is 61.6 Å². The molecule has 2 N–H and O–H groups in total. The number of aliphatic hydroxyl groups is 1. The molecule has 15 nitrogen and oxygen atoms in total. The van der Waals surface area contributed by atoms with Gasteiger partial charge in [0.15, 0.2) is 23.1 Å². The lowest BCUT2D eigenvalue weighted by Gasteiger charge is -2.41. The Bertz CT molecular complexity index is 3310. The highest BCUT2D eigenvalue weighted by Gasteiger charge is 2.41. The number of likely N-dealkylation sites (N-methyl/N-ethyl adjacent to an activating group) is 2. The minimum atomic E-state index is -0.937. The van der Waals surface area contributed by atoms with Crippen LogP contribution in [0.5, 0.6) is 0 Å². The molecule has 3 saturated heterocycles. The van der Waals surface area contributed by atoms with Crippen molar-refractivity contribution in [1.29, 1.82) is 0 Å². The molecular weight excluding hydrogens is 1590 g/mol. The number of carbonyl (C=O) groups excluding carboxylic acids is 4. The summed E-state index contributed by atoms with van der Waals surface area (Å²) in [5, 5.41) is 18.7. The van der Waals surface area contributed by atoms with Crippen molar-refractivity contribution in [3.8, 4) is 0 Å². The number of benzene rings is 5. The van der Waals surface area contributed by atoms with Gasteiger partial charge in [-0.25, -0.2) is 4.79 Å². The second kappa shape index (κ2) is 66.1. The highest BCUT2D eigenvalue weighted by Crippen LogP contribution is 2.32. The lowest BCUT2D eigenvalue weighted by atomic mass is 9.79. The predicted molar refractivity (Wildman–Crippen MR) is 502 cm³/mol. The third-order valence-electron chi connectivity index (χ3n) is 23.1. The van der Waals surface area contributed by atoms with Crippen LogP contribution in [0.1, 0.15) is 344 Å². The first-order valence-corrected chi connectivity index (χ1v) is 47.6. The summed E-state index contributed by atoms with van der Waals surface area (Å²) in [6.07, 6.45) is 46.6. The highest BCUT2D eigenvalue weighted by molar-refractivity contribution is 9.10. The van der Waals surface area contributed by atoms with Gasteiger partial charge in [-0.15, -0.1) is 0 Å². The molecular formula is C100H159Br2N5O10. The van der Waals surface area contributed by atoms with E-state index in [4.69, 9.17) is 19.3 Å². The average molecular weight is 1750 g/mol. The van der Waals surface area contributed by atoms with Crippen LogP contribution >= 0.6 is 31.9 Å². The molecule has 3 atom stereocenters. The number of carboxylic acid groups (broad SMARTS) is 1. The topological polar surface area (TPSA) is 170 Å². The van der Waals surface area contributed by atoms with Gasteiger partial charge in [0.1, 0.15) is 6.61 Å². The maximum Gasteiger partial charge on any atom is 0.335 e. The Labute approximate surface area is 727 Å². The van der Waals surface area contributed by atoms with E-state index in [9.17, 15) is 29.1 Å². The number of alkyl halides is 2. The van der Waals surface area contributed by atoms with Gasteiger partial charge in [-0.3, -0.25) is 29.0 Å². The fourth-order valence-corrected chi connectivity index (χ4v) is 16.0. The van der Waals surface area contributed by atoms with Crippen molar-refractivity contribution >= 4 is 78.0 Å². The molecule has 0 amide bonds. The van der Waals surface area contributed by atoms with Gasteiger partial charge in [0, 0.05) is 83.9 Å². The maximum atomic E-state index is 14.3. The van der Waals surface area contributed by atoms with E-state index in [0.717, 1.165) is 156 Å². The monoisotopic (exact) mass is 1750 g/mol. The minimum absolute atomic E-state index is 0. The molecule has 658 valence electrons. The van der Waals surface area contributed by atoms with Crippen molar-refractivity contribution < 1.29 is 48.4 Å². The Balaban J connectivity index is 0.000000408. The van der Waals surface area contributed by atoms with Crippen molar-refractivity contribution in [3.05, 3.63) is 160 Å². The number of carbonyl (C=O) groups is 5. The summed E-state index contributed by atoms with van der Waals surface area (Å²) in [6.45, 7) is 26.7. The molecule has 5 aromatic rings. The van der Waals surface area contributed by atoms with Gasteiger partial charge in [-0.05, 0) is 162 Å². The molecule has 0 spiro atoms. The van der Waals surface area contributed by atoms with Crippen molar-refractivity contribution in [2.75, 3.05) is 127 Å². The average Bonchev–Trinajstić information content (AvgIpc) is 0.778. The smallest absolute Gasteiger partial charge is 0.335 e. The summed E-state index contributed by atoms with van der Waals surface area (Å²) in [6, 6.07) is 38.3. The van der Waals surface area contributed by atoms with Gasteiger partial charge in [0.2, 0.25) is 0 Å². The van der Waals surface area contributed by atoms with E-state index in [2.05, 4.69) is 136 Å². The van der Waals surface area contributed by atoms with E-state index < -0.39 is 18.1 Å². The molecule has 3 heterocycles. The van der Waals surface area contributed by atoms with Crippen molar-refractivity contribution in [3.63, 3.8) is 0 Å². The summed E-state index contributed by atoms with van der Waals surface area (Å²) in [5.41, 5.74) is 8.01.